The fraction of sp³-hybridized carbons (Fsp3) is 0.263. The van der Waals surface area contributed by atoms with Crippen LogP contribution in [0.3, 0.4) is 0 Å². The van der Waals surface area contributed by atoms with Crippen molar-refractivity contribution in [3.8, 4) is 6.07 Å². The van der Waals surface area contributed by atoms with E-state index in [4.69, 9.17) is 5.26 Å². The van der Waals surface area contributed by atoms with Gasteiger partial charge in [-0.05, 0) is 48.2 Å². The van der Waals surface area contributed by atoms with Crippen molar-refractivity contribution in [2.24, 2.45) is 0 Å². The standard InChI is InChI=1S/C19H17F3N2O/c20-19(21,22)17-8-5-15(6-9-17)11-12-24-18(25)10-7-14-1-3-16(13-23)4-2-14/h1-6,8-9H,7,10-12H2,(H,24,25). The van der Waals surface area contributed by atoms with Crippen LogP contribution in [-0.4, -0.2) is 12.5 Å². The van der Waals surface area contributed by atoms with Crippen LogP contribution in [-0.2, 0) is 23.8 Å². The largest absolute Gasteiger partial charge is 0.416 e. The van der Waals surface area contributed by atoms with E-state index in [1.165, 1.54) is 12.1 Å². The number of carbonyl (C=O) groups excluding carboxylic acids is 1. The van der Waals surface area contributed by atoms with Gasteiger partial charge in [0.1, 0.15) is 0 Å². The summed E-state index contributed by atoms with van der Waals surface area (Å²) >= 11 is 0. The molecule has 0 unspecified atom stereocenters. The molecular weight excluding hydrogens is 329 g/mol. The summed E-state index contributed by atoms with van der Waals surface area (Å²) in [6, 6.07) is 14.0. The molecule has 0 saturated carbocycles. The molecule has 0 aromatic heterocycles. The third kappa shape index (κ3) is 5.96. The van der Waals surface area contributed by atoms with Crippen LogP contribution in [0.5, 0.6) is 0 Å². The molecule has 130 valence electrons. The van der Waals surface area contributed by atoms with E-state index in [-0.39, 0.29) is 5.91 Å². The number of carbonyl (C=O) groups is 1. The molecule has 0 atom stereocenters. The van der Waals surface area contributed by atoms with Crippen LogP contribution in [0.25, 0.3) is 0 Å². The van der Waals surface area contributed by atoms with Crippen molar-refractivity contribution in [2.75, 3.05) is 6.54 Å². The minimum absolute atomic E-state index is 0.115. The van der Waals surface area contributed by atoms with Crippen molar-refractivity contribution in [3.63, 3.8) is 0 Å². The van der Waals surface area contributed by atoms with Crippen LogP contribution in [0.4, 0.5) is 13.2 Å². The molecule has 0 fully saturated rings. The SMILES string of the molecule is N#Cc1ccc(CCC(=O)NCCc2ccc(C(F)(F)F)cc2)cc1. The maximum absolute atomic E-state index is 12.5. The third-order valence-corrected chi connectivity index (χ3v) is 3.74. The lowest BCUT2D eigenvalue weighted by Crippen LogP contribution is -2.25. The molecule has 0 radical (unpaired) electrons. The van der Waals surface area contributed by atoms with Gasteiger partial charge >= 0.3 is 6.18 Å². The molecule has 2 rings (SSSR count). The smallest absolute Gasteiger partial charge is 0.356 e. The van der Waals surface area contributed by atoms with Gasteiger partial charge in [0, 0.05) is 13.0 Å². The van der Waals surface area contributed by atoms with Gasteiger partial charge in [0.15, 0.2) is 0 Å². The highest BCUT2D eigenvalue weighted by atomic mass is 19.4. The summed E-state index contributed by atoms with van der Waals surface area (Å²) in [5, 5.41) is 11.5. The van der Waals surface area contributed by atoms with Gasteiger partial charge < -0.3 is 5.32 Å². The van der Waals surface area contributed by atoms with E-state index in [0.29, 0.717) is 31.4 Å². The Kier molecular flexibility index (Phi) is 6.18. The number of nitriles is 1. The summed E-state index contributed by atoms with van der Waals surface area (Å²) in [5.74, 6) is -0.115. The number of hydrogen-bond donors (Lipinski definition) is 1. The first-order valence-corrected chi connectivity index (χ1v) is 7.80. The van der Waals surface area contributed by atoms with Gasteiger partial charge in [-0.15, -0.1) is 0 Å². The molecule has 2 aromatic rings. The summed E-state index contributed by atoms with van der Waals surface area (Å²) in [5.41, 5.74) is 1.60. The number of halogens is 3. The first-order valence-electron chi connectivity index (χ1n) is 7.80. The zero-order valence-electron chi connectivity index (χ0n) is 13.4. The first kappa shape index (κ1) is 18.5. The molecule has 0 bridgehead atoms. The Labute approximate surface area is 144 Å². The van der Waals surface area contributed by atoms with Crippen molar-refractivity contribution in [1.82, 2.24) is 5.32 Å². The van der Waals surface area contributed by atoms with E-state index in [1.807, 2.05) is 18.2 Å². The quantitative estimate of drug-likeness (QED) is 0.863. The third-order valence-electron chi connectivity index (χ3n) is 3.74. The molecule has 0 spiro atoms. The Hall–Kier alpha value is -2.81. The van der Waals surface area contributed by atoms with Gasteiger partial charge in [0.05, 0.1) is 17.2 Å². The second-order valence-electron chi connectivity index (χ2n) is 5.60. The molecule has 1 amide bonds. The minimum atomic E-state index is -4.34. The van der Waals surface area contributed by atoms with Gasteiger partial charge in [0.2, 0.25) is 5.91 Å². The Morgan fingerprint density at radius 3 is 2.08 bits per heavy atom. The van der Waals surface area contributed by atoms with E-state index in [1.54, 1.807) is 12.1 Å². The van der Waals surface area contributed by atoms with Gasteiger partial charge in [-0.2, -0.15) is 18.4 Å². The van der Waals surface area contributed by atoms with Gasteiger partial charge in [-0.1, -0.05) is 24.3 Å². The van der Waals surface area contributed by atoms with Gasteiger partial charge in [0.25, 0.3) is 0 Å². The number of aryl methyl sites for hydroxylation is 1. The molecular formula is C19H17F3N2O. The Balaban J connectivity index is 1.72. The molecule has 2 aromatic carbocycles. The minimum Gasteiger partial charge on any atom is -0.356 e. The predicted molar refractivity (Wildman–Crippen MR) is 87.6 cm³/mol. The number of benzene rings is 2. The highest BCUT2D eigenvalue weighted by Crippen LogP contribution is 2.29. The molecule has 0 aliphatic carbocycles. The highest BCUT2D eigenvalue weighted by molar-refractivity contribution is 5.76. The number of hydrogen-bond acceptors (Lipinski definition) is 2. The van der Waals surface area contributed by atoms with Gasteiger partial charge in [-0.3, -0.25) is 4.79 Å². The zero-order chi connectivity index (χ0) is 18.3. The molecule has 25 heavy (non-hydrogen) atoms. The lowest BCUT2D eigenvalue weighted by molar-refractivity contribution is -0.137. The van der Waals surface area contributed by atoms with Crippen LogP contribution in [0, 0.1) is 11.3 Å². The fourth-order valence-electron chi connectivity index (χ4n) is 2.30. The van der Waals surface area contributed by atoms with Crippen LogP contribution >= 0.6 is 0 Å². The average Bonchev–Trinajstić information content (AvgIpc) is 2.60. The van der Waals surface area contributed by atoms with Gasteiger partial charge in [-0.25, -0.2) is 0 Å². The maximum Gasteiger partial charge on any atom is 0.416 e. The van der Waals surface area contributed by atoms with E-state index < -0.39 is 11.7 Å². The summed E-state index contributed by atoms with van der Waals surface area (Å²) in [6.07, 6.45) is -2.98. The lowest BCUT2D eigenvalue weighted by Gasteiger charge is -2.08. The maximum atomic E-state index is 12.5. The Morgan fingerprint density at radius 1 is 0.960 bits per heavy atom. The Morgan fingerprint density at radius 2 is 1.52 bits per heavy atom. The number of rotatable bonds is 6. The monoisotopic (exact) mass is 346 g/mol. The second kappa shape index (κ2) is 8.34. The van der Waals surface area contributed by atoms with E-state index >= 15 is 0 Å². The Bertz CT molecular complexity index is 744. The molecule has 0 aliphatic heterocycles. The fourth-order valence-corrected chi connectivity index (χ4v) is 2.30. The average molecular weight is 346 g/mol. The van der Waals surface area contributed by atoms with Crippen molar-refractivity contribution in [1.29, 1.82) is 5.26 Å². The number of amides is 1. The lowest BCUT2D eigenvalue weighted by atomic mass is 10.1. The zero-order valence-corrected chi connectivity index (χ0v) is 13.4. The molecule has 0 heterocycles. The second-order valence-corrected chi connectivity index (χ2v) is 5.60. The van der Waals surface area contributed by atoms with Crippen LogP contribution in [0.1, 0.15) is 28.7 Å². The normalized spacial score (nSPS) is 11.0. The van der Waals surface area contributed by atoms with Crippen LogP contribution < -0.4 is 5.32 Å². The summed E-state index contributed by atoms with van der Waals surface area (Å²) < 4.78 is 37.4. The summed E-state index contributed by atoms with van der Waals surface area (Å²) in [6.45, 7) is 0.373. The van der Waals surface area contributed by atoms with Crippen molar-refractivity contribution in [3.05, 3.63) is 70.8 Å². The molecule has 0 aliphatic rings. The van der Waals surface area contributed by atoms with Crippen LogP contribution in [0.2, 0.25) is 0 Å². The number of alkyl halides is 3. The molecule has 6 heteroatoms. The highest BCUT2D eigenvalue weighted by Gasteiger charge is 2.29. The van der Waals surface area contributed by atoms with Crippen LogP contribution in [0.15, 0.2) is 48.5 Å². The summed E-state index contributed by atoms with van der Waals surface area (Å²) in [4.78, 5) is 11.8. The topological polar surface area (TPSA) is 52.9 Å². The van der Waals surface area contributed by atoms with E-state index in [9.17, 15) is 18.0 Å². The predicted octanol–water partition coefficient (Wildman–Crippen LogP) is 3.87. The first-order chi connectivity index (χ1) is 11.9. The number of nitrogens with one attached hydrogen (secondary N) is 1. The van der Waals surface area contributed by atoms with Crippen molar-refractivity contribution < 1.29 is 18.0 Å². The van der Waals surface area contributed by atoms with Crippen molar-refractivity contribution >= 4 is 5.91 Å². The van der Waals surface area contributed by atoms with E-state index in [2.05, 4.69) is 5.32 Å². The molecule has 3 nitrogen and oxygen atoms in total. The van der Waals surface area contributed by atoms with E-state index in [0.717, 1.165) is 23.3 Å². The number of nitrogens with zero attached hydrogens (tertiary/aromatic N) is 1. The molecule has 0 saturated heterocycles. The van der Waals surface area contributed by atoms with Crippen molar-refractivity contribution in [2.45, 2.75) is 25.4 Å². The molecule has 1 N–H and O–H groups in total. The summed E-state index contributed by atoms with van der Waals surface area (Å²) in [7, 11) is 0.